The Kier molecular flexibility index (Phi) is 5.97. The van der Waals surface area contributed by atoms with Crippen molar-refractivity contribution in [1.82, 2.24) is 14.8 Å². The summed E-state index contributed by atoms with van der Waals surface area (Å²) in [6.07, 6.45) is 0.656. The van der Waals surface area contributed by atoms with E-state index in [1.54, 1.807) is 12.1 Å². The van der Waals surface area contributed by atoms with Gasteiger partial charge in [0.25, 0.3) is 0 Å². The third kappa shape index (κ3) is 4.52. The third-order valence-corrected chi connectivity index (χ3v) is 5.88. The van der Waals surface area contributed by atoms with Gasteiger partial charge in [0.05, 0.1) is 0 Å². The van der Waals surface area contributed by atoms with Gasteiger partial charge in [0, 0.05) is 28.4 Å². The van der Waals surface area contributed by atoms with Crippen LogP contribution in [0.5, 0.6) is 0 Å². The van der Waals surface area contributed by atoms with Crippen LogP contribution in [0.1, 0.15) is 22.5 Å². The summed E-state index contributed by atoms with van der Waals surface area (Å²) in [7, 11) is 0. The molecule has 0 saturated carbocycles. The minimum atomic E-state index is -0.309. The van der Waals surface area contributed by atoms with Gasteiger partial charge in [-0.2, -0.15) is 0 Å². The highest BCUT2D eigenvalue weighted by atomic mass is 35.5. The van der Waals surface area contributed by atoms with Crippen LogP contribution in [0.25, 0.3) is 5.69 Å². The van der Waals surface area contributed by atoms with E-state index >= 15 is 0 Å². The molecule has 1 aromatic heterocycles. The fourth-order valence-corrected chi connectivity index (χ4v) is 4.43. The van der Waals surface area contributed by atoms with Crippen molar-refractivity contribution in [2.75, 3.05) is 0 Å². The molecule has 0 saturated heterocycles. The zero-order valence-electron chi connectivity index (χ0n) is 15.8. The molecule has 6 heteroatoms. The van der Waals surface area contributed by atoms with Crippen molar-refractivity contribution in [3.63, 3.8) is 0 Å². The van der Waals surface area contributed by atoms with Crippen LogP contribution in [-0.2, 0) is 12.2 Å². The Hall–Kier alpha value is -2.63. The molecule has 0 N–H and O–H groups in total. The average molecular weight is 424 g/mol. The smallest absolute Gasteiger partial charge is 0.196 e. The van der Waals surface area contributed by atoms with Gasteiger partial charge in [-0.15, -0.1) is 10.2 Å². The van der Waals surface area contributed by atoms with Gasteiger partial charge in [0.1, 0.15) is 11.6 Å². The van der Waals surface area contributed by atoms with Crippen molar-refractivity contribution in [2.24, 2.45) is 0 Å². The Morgan fingerprint density at radius 1 is 0.966 bits per heavy atom. The highest BCUT2D eigenvalue weighted by Crippen LogP contribution is 2.30. The minimum absolute atomic E-state index is 0.309. The number of thioether (sulfide) groups is 1. The maximum Gasteiger partial charge on any atom is 0.196 e. The van der Waals surface area contributed by atoms with Gasteiger partial charge in [0.15, 0.2) is 5.16 Å². The van der Waals surface area contributed by atoms with Gasteiger partial charge < -0.3 is 0 Å². The van der Waals surface area contributed by atoms with Crippen LogP contribution in [0.3, 0.4) is 0 Å². The average Bonchev–Trinajstić information content (AvgIpc) is 3.11. The second-order valence-corrected chi connectivity index (χ2v) is 8.07. The predicted octanol–water partition coefficient (Wildman–Crippen LogP) is 6.25. The molecular formula is C23H19ClFN3S. The van der Waals surface area contributed by atoms with Gasteiger partial charge in [-0.25, -0.2) is 4.39 Å². The Balaban J connectivity index is 1.70. The number of halogens is 2. The van der Waals surface area contributed by atoms with Crippen LogP contribution in [0, 0.1) is 12.7 Å². The third-order valence-electron chi connectivity index (χ3n) is 4.57. The van der Waals surface area contributed by atoms with Crippen LogP contribution in [0.2, 0.25) is 5.02 Å². The van der Waals surface area contributed by atoms with Crippen molar-refractivity contribution in [3.8, 4) is 5.69 Å². The first-order valence-electron chi connectivity index (χ1n) is 9.23. The van der Waals surface area contributed by atoms with E-state index < -0.39 is 0 Å². The van der Waals surface area contributed by atoms with Crippen LogP contribution in [0.4, 0.5) is 4.39 Å². The van der Waals surface area contributed by atoms with Gasteiger partial charge in [-0.1, -0.05) is 71.9 Å². The molecule has 4 rings (SSSR count). The second-order valence-electron chi connectivity index (χ2n) is 6.72. The molecule has 3 aromatic carbocycles. The Labute approximate surface area is 178 Å². The molecule has 146 valence electrons. The van der Waals surface area contributed by atoms with E-state index in [1.807, 2.05) is 34.9 Å². The molecule has 4 aromatic rings. The zero-order chi connectivity index (χ0) is 20.2. The highest BCUT2D eigenvalue weighted by molar-refractivity contribution is 7.98. The summed E-state index contributed by atoms with van der Waals surface area (Å²) >= 11 is 7.62. The summed E-state index contributed by atoms with van der Waals surface area (Å²) in [5.74, 6) is 0.904. The lowest BCUT2D eigenvalue weighted by Gasteiger charge is -2.12. The SMILES string of the molecule is Cc1cccc(-n2c(Cc3ccccc3)nnc2SCc2c(F)cccc2Cl)c1. The number of rotatable bonds is 6. The molecule has 0 spiro atoms. The van der Waals surface area contributed by atoms with Crippen molar-refractivity contribution in [1.29, 1.82) is 0 Å². The number of nitrogens with zero attached hydrogens (tertiary/aromatic N) is 3. The molecule has 0 fully saturated rings. The molecule has 0 aliphatic heterocycles. The maximum atomic E-state index is 14.2. The molecular weight excluding hydrogens is 405 g/mol. The van der Waals surface area contributed by atoms with Crippen molar-refractivity contribution < 1.29 is 4.39 Å². The van der Waals surface area contributed by atoms with E-state index in [2.05, 4.69) is 41.4 Å². The van der Waals surface area contributed by atoms with E-state index in [0.29, 0.717) is 27.9 Å². The first-order valence-corrected chi connectivity index (χ1v) is 10.6. The monoisotopic (exact) mass is 423 g/mol. The lowest BCUT2D eigenvalue weighted by molar-refractivity contribution is 0.617. The predicted molar refractivity (Wildman–Crippen MR) is 116 cm³/mol. The molecule has 1 heterocycles. The molecule has 0 unspecified atom stereocenters. The number of hydrogen-bond donors (Lipinski definition) is 0. The topological polar surface area (TPSA) is 30.7 Å². The fourth-order valence-electron chi connectivity index (χ4n) is 3.12. The highest BCUT2D eigenvalue weighted by Gasteiger charge is 2.17. The number of hydrogen-bond acceptors (Lipinski definition) is 3. The molecule has 29 heavy (non-hydrogen) atoms. The summed E-state index contributed by atoms with van der Waals surface area (Å²) in [6, 6.07) is 23.1. The number of aromatic nitrogens is 3. The molecule has 0 aliphatic carbocycles. The zero-order valence-corrected chi connectivity index (χ0v) is 17.4. The molecule has 0 amide bonds. The van der Waals surface area contributed by atoms with Crippen LogP contribution in [-0.4, -0.2) is 14.8 Å². The van der Waals surface area contributed by atoms with E-state index in [1.165, 1.54) is 17.8 Å². The van der Waals surface area contributed by atoms with Gasteiger partial charge in [-0.05, 0) is 42.3 Å². The summed E-state index contributed by atoms with van der Waals surface area (Å²) in [4.78, 5) is 0. The normalized spacial score (nSPS) is 11.0. The first kappa shape index (κ1) is 19.7. The summed E-state index contributed by atoms with van der Waals surface area (Å²) in [6.45, 7) is 2.05. The van der Waals surface area contributed by atoms with Gasteiger partial charge >= 0.3 is 0 Å². The quantitative estimate of drug-likeness (QED) is 0.343. The van der Waals surface area contributed by atoms with Gasteiger partial charge in [0.2, 0.25) is 0 Å². The van der Waals surface area contributed by atoms with Crippen molar-refractivity contribution >= 4 is 23.4 Å². The second kappa shape index (κ2) is 8.80. The van der Waals surface area contributed by atoms with E-state index in [0.717, 1.165) is 22.6 Å². The minimum Gasteiger partial charge on any atom is -0.274 e. The lowest BCUT2D eigenvalue weighted by Crippen LogP contribution is -2.04. The molecule has 3 nitrogen and oxygen atoms in total. The maximum absolute atomic E-state index is 14.2. The fraction of sp³-hybridized carbons (Fsp3) is 0.130. The van der Waals surface area contributed by atoms with E-state index in [9.17, 15) is 4.39 Å². The van der Waals surface area contributed by atoms with Gasteiger partial charge in [-0.3, -0.25) is 4.57 Å². The summed E-state index contributed by atoms with van der Waals surface area (Å²) < 4.78 is 16.2. The summed E-state index contributed by atoms with van der Waals surface area (Å²) in [5.41, 5.74) is 3.77. The van der Waals surface area contributed by atoms with Crippen LogP contribution < -0.4 is 0 Å². The molecule has 0 atom stereocenters. The Bertz CT molecular complexity index is 1110. The Morgan fingerprint density at radius 2 is 1.76 bits per heavy atom. The van der Waals surface area contributed by atoms with Crippen molar-refractivity contribution in [3.05, 3.63) is 106 Å². The summed E-state index contributed by atoms with van der Waals surface area (Å²) in [5, 5.41) is 9.97. The molecule has 0 bridgehead atoms. The van der Waals surface area contributed by atoms with E-state index in [-0.39, 0.29) is 5.82 Å². The number of aryl methyl sites for hydroxylation is 1. The Morgan fingerprint density at radius 3 is 2.52 bits per heavy atom. The van der Waals surface area contributed by atoms with Crippen LogP contribution >= 0.6 is 23.4 Å². The largest absolute Gasteiger partial charge is 0.274 e. The molecule has 0 aliphatic rings. The molecule has 0 radical (unpaired) electrons. The van der Waals surface area contributed by atoms with E-state index in [4.69, 9.17) is 11.6 Å². The first-order chi connectivity index (χ1) is 14.1. The standard InChI is InChI=1S/C23H19ClFN3S/c1-16-7-5-10-18(13-16)28-22(14-17-8-3-2-4-9-17)26-27-23(28)29-15-19-20(24)11-6-12-21(19)25/h2-13H,14-15H2,1H3. The van der Waals surface area contributed by atoms with Crippen molar-refractivity contribution in [2.45, 2.75) is 24.3 Å². The van der Waals surface area contributed by atoms with Crippen LogP contribution in [0.15, 0.2) is 78.0 Å². The number of benzene rings is 3. The lowest BCUT2D eigenvalue weighted by atomic mass is 10.1.